The van der Waals surface area contributed by atoms with E-state index in [9.17, 15) is 0 Å². The molecule has 0 spiro atoms. The first-order chi connectivity index (χ1) is 24.8. The van der Waals surface area contributed by atoms with Crippen LogP contribution in [0.25, 0.3) is 98.4 Å². The second kappa shape index (κ2) is 11.6. The van der Waals surface area contributed by atoms with Crippen LogP contribution in [0.3, 0.4) is 0 Å². The van der Waals surface area contributed by atoms with Crippen LogP contribution in [-0.2, 0) is 0 Å². The lowest BCUT2D eigenvalue weighted by molar-refractivity contribution is 1.61. The molecule has 0 aliphatic heterocycles. The SMILES string of the molecule is c1cc(-c2ccc3ccccc3c2)cc(-c2ccc3c(-c4ccc5ccccc5c4)c4ccccc4c(-c4ccc5ccccc5c4)c3c2)c1. The minimum atomic E-state index is 1.21. The molecule has 0 N–H and O–H groups in total. The molecule has 0 heterocycles. The molecule has 0 unspecified atom stereocenters. The van der Waals surface area contributed by atoms with E-state index in [1.54, 1.807) is 0 Å². The lowest BCUT2D eigenvalue weighted by Crippen LogP contribution is -1.92. The highest BCUT2D eigenvalue weighted by molar-refractivity contribution is 6.22. The molecule has 0 heteroatoms. The maximum Gasteiger partial charge on any atom is -0.00259 e. The smallest absolute Gasteiger partial charge is 0.00259 e. The highest BCUT2D eigenvalue weighted by Gasteiger charge is 2.18. The maximum absolute atomic E-state index is 2.43. The summed E-state index contributed by atoms with van der Waals surface area (Å²) in [7, 11) is 0. The monoisotopic (exact) mass is 632 g/mol. The van der Waals surface area contributed by atoms with E-state index in [0.29, 0.717) is 0 Å². The van der Waals surface area contributed by atoms with E-state index in [4.69, 9.17) is 0 Å². The summed E-state index contributed by atoms with van der Waals surface area (Å²) in [6.45, 7) is 0. The fourth-order valence-electron chi connectivity index (χ4n) is 7.92. The van der Waals surface area contributed by atoms with E-state index in [1.807, 2.05) is 0 Å². The minimum absolute atomic E-state index is 1.21. The van der Waals surface area contributed by atoms with Gasteiger partial charge in [0.1, 0.15) is 0 Å². The number of benzene rings is 10. The van der Waals surface area contributed by atoms with Crippen LogP contribution < -0.4 is 0 Å². The minimum Gasteiger partial charge on any atom is -0.0616 e. The standard InChI is InChI=1S/C50H32/c1-4-13-36-28-41(23-20-33(36)10-1)39-16-9-17-40(29-39)42-26-27-47-48(32-42)50(44-25-22-35-12-3-6-15-38(35)31-44)46-19-8-7-18-45(46)49(47)43-24-21-34-11-2-5-14-37(34)30-43/h1-32H. The molecule has 0 saturated carbocycles. The number of hydrogen-bond acceptors (Lipinski definition) is 0. The van der Waals surface area contributed by atoms with Gasteiger partial charge >= 0.3 is 0 Å². The Morgan fingerprint density at radius 2 is 0.540 bits per heavy atom. The predicted molar refractivity (Wildman–Crippen MR) is 216 cm³/mol. The average Bonchev–Trinajstić information content (AvgIpc) is 3.19. The summed E-state index contributed by atoms with van der Waals surface area (Å²) >= 11 is 0. The van der Waals surface area contributed by atoms with Gasteiger partial charge in [-0.25, -0.2) is 0 Å². The highest BCUT2D eigenvalue weighted by Crippen LogP contribution is 2.46. The fraction of sp³-hybridized carbons (Fsp3) is 0. The third kappa shape index (κ3) is 4.77. The molecule has 10 rings (SSSR count). The molecule has 0 saturated heterocycles. The van der Waals surface area contributed by atoms with Crippen molar-refractivity contribution in [3.8, 4) is 44.5 Å². The quantitative estimate of drug-likeness (QED) is 0.169. The van der Waals surface area contributed by atoms with E-state index in [2.05, 4.69) is 194 Å². The summed E-state index contributed by atoms with van der Waals surface area (Å²) in [5.74, 6) is 0. The third-order valence-corrected chi connectivity index (χ3v) is 10.4. The summed E-state index contributed by atoms with van der Waals surface area (Å²) in [5, 5.41) is 12.6. The van der Waals surface area contributed by atoms with Crippen LogP contribution in [-0.4, -0.2) is 0 Å². The topological polar surface area (TPSA) is 0 Å². The fourth-order valence-corrected chi connectivity index (χ4v) is 7.92. The van der Waals surface area contributed by atoms with Crippen LogP contribution in [0, 0.1) is 0 Å². The van der Waals surface area contributed by atoms with Crippen molar-refractivity contribution in [1.82, 2.24) is 0 Å². The summed E-state index contributed by atoms with van der Waals surface area (Å²) in [6, 6.07) is 71.5. The van der Waals surface area contributed by atoms with Crippen molar-refractivity contribution in [3.05, 3.63) is 194 Å². The van der Waals surface area contributed by atoms with Crippen LogP contribution in [0.4, 0.5) is 0 Å². The van der Waals surface area contributed by atoms with Gasteiger partial charge in [-0.1, -0.05) is 164 Å². The molecule has 50 heavy (non-hydrogen) atoms. The predicted octanol–water partition coefficient (Wildman–Crippen LogP) is 14.1. The molecule has 0 atom stereocenters. The molecule has 0 nitrogen and oxygen atoms in total. The van der Waals surface area contributed by atoms with Crippen LogP contribution in [0.1, 0.15) is 0 Å². The first kappa shape index (κ1) is 28.5. The number of hydrogen-bond donors (Lipinski definition) is 0. The Balaban J connectivity index is 1.24. The molecule has 10 aromatic carbocycles. The average molecular weight is 633 g/mol. The van der Waals surface area contributed by atoms with E-state index < -0.39 is 0 Å². The van der Waals surface area contributed by atoms with Gasteiger partial charge in [-0.3, -0.25) is 0 Å². The number of rotatable bonds is 4. The molecule has 0 radical (unpaired) electrons. The highest BCUT2D eigenvalue weighted by atomic mass is 14.2. The zero-order valence-corrected chi connectivity index (χ0v) is 27.5. The Labute approximate surface area is 291 Å². The molecule has 0 aliphatic carbocycles. The lowest BCUT2D eigenvalue weighted by atomic mass is 9.84. The second-order valence-corrected chi connectivity index (χ2v) is 13.3. The van der Waals surface area contributed by atoms with Gasteiger partial charge in [0.25, 0.3) is 0 Å². The Morgan fingerprint density at radius 1 is 0.180 bits per heavy atom. The van der Waals surface area contributed by atoms with E-state index in [0.717, 1.165) is 0 Å². The first-order valence-corrected chi connectivity index (χ1v) is 17.3. The maximum atomic E-state index is 2.43. The largest absolute Gasteiger partial charge is 0.0616 e. The Morgan fingerprint density at radius 3 is 1.08 bits per heavy atom. The van der Waals surface area contributed by atoms with Gasteiger partial charge in [-0.05, 0) is 129 Å². The molecule has 0 fully saturated rings. The Hall–Kier alpha value is -6.50. The molecule has 0 aliphatic rings. The van der Waals surface area contributed by atoms with E-state index >= 15 is 0 Å². The van der Waals surface area contributed by atoms with Crippen LogP contribution >= 0.6 is 0 Å². The van der Waals surface area contributed by atoms with Gasteiger partial charge in [0.05, 0.1) is 0 Å². The van der Waals surface area contributed by atoms with Crippen molar-refractivity contribution in [3.63, 3.8) is 0 Å². The summed E-state index contributed by atoms with van der Waals surface area (Å²) in [6.07, 6.45) is 0. The van der Waals surface area contributed by atoms with Crippen LogP contribution in [0.15, 0.2) is 194 Å². The molecular weight excluding hydrogens is 601 g/mol. The number of fused-ring (bicyclic) bond motifs is 5. The van der Waals surface area contributed by atoms with E-state index in [1.165, 1.54) is 98.4 Å². The van der Waals surface area contributed by atoms with Crippen molar-refractivity contribution >= 4 is 53.9 Å². The third-order valence-electron chi connectivity index (χ3n) is 10.4. The normalized spacial score (nSPS) is 11.6. The zero-order chi connectivity index (χ0) is 33.0. The summed E-state index contributed by atoms with van der Waals surface area (Å²) in [4.78, 5) is 0. The molecule has 10 aromatic rings. The van der Waals surface area contributed by atoms with Gasteiger partial charge < -0.3 is 0 Å². The molecular formula is C50H32. The Kier molecular flexibility index (Phi) is 6.60. The van der Waals surface area contributed by atoms with Gasteiger partial charge in [0, 0.05) is 0 Å². The van der Waals surface area contributed by atoms with Crippen molar-refractivity contribution in [2.45, 2.75) is 0 Å². The van der Waals surface area contributed by atoms with Gasteiger partial charge in [0.15, 0.2) is 0 Å². The van der Waals surface area contributed by atoms with Crippen molar-refractivity contribution < 1.29 is 0 Å². The van der Waals surface area contributed by atoms with E-state index in [-0.39, 0.29) is 0 Å². The molecule has 232 valence electrons. The summed E-state index contributed by atoms with van der Waals surface area (Å²) < 4.78 is 0. The molecule has 0 amide bonds. The van der Waals surface area contributed by atoms with Gasteiger partial charge in [-0.2, -0.15) is 0 Å². The van der Waals surface area contributed by atoms with Crippen molar-refractivity contribution in [1.29, 1.82) is 0 Å². The zero-order valence-electron chi connectivity index (χ0n) is 27.5. The van der Waals surface area contributed by atoms with Gasteiger partial charge in [-0.15, -0.1) is 0 Å². The molecule has 0 bridgehead atoms. The summed E-state index contributed by atoms with van der Waals surface area (Å²) in [5.41, 5.74) is 9.90. The van der Waals surface area contributed by atoms with Crippen molar-refractivity contribution in [2.24, 2.45) is 0 Å². The van der Waals surface area contributed by atoms with Crippen molar-refractivity contribution in [2.75, 3.05) is 0 Å². The molecule has 0 aromatic heterocycles. The lowest BCUT2D eigenvalue weighted by Gasteiger charge is -2.19. The van der Waals surface area contributed by atoms with Crippen LogP contribution in [0.5, 0.6) is 0 Å². The first-order valence-electron chi connectivity index (χ1n) is 17.3. The van der Waals surface area contributed by atoms with Gasteiger partial charge in [0.2, 0.25) is 0 Å². The van der Waals surface area contributed by atoms with Crippen LogP contribution in [0.2, 0.25) is 0 Å². The Bertz CT molecular complexity index is 2930. The second-order valence-electron chi connectivity index (χ2n) is 13.3.